The van der Waals surface area contributed by atoms with E-state index < -0.39 is 24.3 Å². The molecule has 0 aromatic rings. The Labute approximate surface area is 584 Å². The van der Waals surface area contributed by atoms with Crippen LogP contribution >= 0.6 is 0 Å². The predicted molar refractivity (Wildman–Crippen MR) is 407 cm³/mol. The number of hydrogen-bond acceptors (Lipinski definition) is 8. The maximum absolute atomic E-state index is 13.0. The maximum atomic E-state index is 13.0. The third kappa shape index (κ3) is 75.9. The number of quaternary nitrogens is 1. The summed E-state index contributed by atoms with van der Waals surface area (Å²) in [6.45, 7) is 4.51. The molecule has 2 unspecified atom stereocenters. The van der Waals surface area contributed by atoms with E-state index in [1.54, 1.807) is 0 Å². The summed E-state index contributed by atoms with van der Waals surface area (Å²) < 4.78 is 22.8. The van der Waals surface area contributed by atoms with Crippen LogP contribution in [-0.4, -0.2) is 82.3 Å². The minimum atomic E-state index is -1.64. The van der Waals surface area contributed by atoms with Crippen LogP contribution < -0.4 is 5.11 Å². The Kier molecular flexibility index (Phi) is 70.2. The van der Waals surface area contributed by atoms with Crippen molar-refractivity contribution in [3.63, 3.8) is 0 Å². The Morgan fingerprint density at radius 3 is 0.842 bits per heavy atom. The molecule has 0 radical (unpaired) electrons. The third-order valence-corrected chi connectivity index (χ3v) is 16.0. The van der Waals surface area contributed by atoms with Gasteiger partial charge in [-0.25, -0.2) is 0 Å². The molecule has 538 valence electrons. The summed E-state index contributed by atoms with van der Waals surface area (Å²) in [5.41, 5.74) is 0. The molecule has 0 fully saturated rings. The van der Waals surface area contributed by atoms with E-state index in [4.69, 9.17) is 18.9 Å². The van der Waals surface area contributed by atoms with E-state index >= 15 is 0 Å². The number of esters is 2. The Balaban J connectivity index is 4.14. The first-order valence-electron chi connectivity index (χ1n) is 38.3. The first-order valence-corrected chi connectivity index (χ1v) is 38.3. The van der Waals surface area contributed by atoms with Gasteiger partial charge < -0.3 is 33.3 Å². The van der Waals surface area contributed by atoms with Crippen molar-refractivity contribution < 1.29 is 42.9 Å². The number of carboxylic acids is 1. The molecule has 0 N–H and O–H groups in total. The summed E-state index contributed by atoms with van der Waals surface area (Å²) in [6, 6.07) is 0. The highest BCUT2D eigenvalue weighted by molar-refractivity contribution is 5.70. The molecule has 2 atom stereocenters. The van der Waals surface area contributed by atoms with Gasteiger partial charge in [-0.1, -0.05) is 325 Å². The molecule has 0 saturated heterocycles. The molecule has 0 spiro atoms. The Bertz CT molecular complexity index is 2170. The summed E-state index contributed by atoms with van der Waals surface area (Å²) in [4.78, 5) is 37.6. The van der Waals surface area contributed by atoms with Gasteiger partial charge in [0.15, 0.2) is 12.4 Å². The largest absolute Gasteiger partial charge is 0.545 e. The number of carbonyl (C=O) groups excluding carboxylic acids is 3. The number of likely N-dealkylation sites (N-methyl/N-ethyl adjacent to an activating group) is 1. The van der Waals surface area contributed by atoms with E-state index in [1.807, 2.05) is 21.1 Å². The van der Waals surface area contributed by atoms with Gasteiger partial charge in [-0.3, -0.25) is 9.59 Å². The molecule has 0 saturated carbocycles. The Hall–Kier alpha value is -5.35. The number of nitrogens with zero attached hydrogens (tertiary/aromatic N) is 1. The van der Waals surface area contributed by atoms with E-state index in [-0.39, 0.29) is 38.6 Å². The van der Waals surface area contributed by atoms with Gasteiger partial charge in [-0.2, -0.15) is 0 Å². The fourth-order valence-corrected chi connectivity index (χ4v) is 10.2. The van der Waals surface area contributed by atoms with Crippen molar-refractivity contribution in [1.29, 1.82) is 0 Å². The van der Waals surface area contributed by atoms with Gasteiger partial charge in [0.1, 0.15) is 13.2 Å². The number of aliphatic carboxylic acids is 1. The van der Waals surface area contributed by atoms with Gasteiger partial charge in [0.05, 0.1) is 40.3 Å². The highest BCUT2D eigenvalue weighted by atomic mass is 16.7. The second kappa shape index (κ2) is 74.4. The summed E-state index contributed by atoms with van der Waals surface area (Å²) >= 11 is 0. The zero-order valence-corrected chi connectivity index (χ0v) is 61.5. The lowest BCUT2D eigenvalue weighted by atomic mass is 10.0. The molecule has 0 aliphatic heterocycles. The molecular weight excluding hydrogens is 1170 g/mol. The smallest absolute Gasteiger partial charge is 0.306 e. The molecule has 9 heteroatoms. The van der Waals surface area contributed by atoms with Crippen LogP contribution in [0.5, 0.6) is 0 Å². The maximum Gasteiger partial charge on any atom is 0.306 e. The van der Waals surface area contributed by atoms with Crippen molar-refractivity contribution in [2.75, 3.05) is 47.5 Å². The molecule has 0 amide bonds. The average molecular weight is 1320 g/mol. The lowest BCUT2D eigenvalue weighted by molar-refractivity contribution is -0.870. The number of hydrogen-bond donors (Lipinski definition) is 0. The molecular formula is C86H141NO8. The van der Waals surface area contributed by atoms with Crippen molar-refractivity contribution in [2.45, 2.75) is 309 Å². The number of carbonyl (C=O) groups is 3. The van der Waals surface area contributed by atoms with Crippen LogP contribution in [0.4, 0.5) is 0 Å². The van der Waals surface area contributed by atoms with Gasteiger partial charge in [-0.15, -0.1) is 0 Å². The van der Waals surface area contributed by atoms with Gasteiger partial charge in [0, 0.05) is 12.8 Å². The van der Waals surface area contributed by atoms with Crippen LogP contribution in [-0.2, 0) is 33.3 Å². The van der Waals surface area contributed by atoms with Crippen LogP contribution in [0.15, 0.2) is 170 Å². The van der Waals surface area contributed by atoms with Gasteiger partial charge in [0.25, 0.3) is 0 Å². The zero-order chi connectivity index (χ0) is 69.0. The van der Waals surface area contributed by atoms with Gasteiger partial charge in [-0.05, 0) is 128 Å². The summed E-state index contributed by atoms with van der Waals surface area (Å²) in [6.07, 6.45) is 109. The van der Waals surface area contributed by atoms with E-state index in [0.29, 0.717) is 17.4 Å². The van der Waals surface area contributed by atoms with E-state index in [9.17, 15) is 19.5 Å². The third-order valence-electron chi connectivity index (χ3n) is 16.0. The highest BCUT2D eigenvalue weighted by Gasteiger charge is 2.22. The van der Waals surface area contributed by atoms with Crippen molar-refractivity contribution in [1.82, 2.24) is 0 Å². The van der Waals surface area contributed by atoms with Gasteiger partial charge >= 0.3 is 11.9 Å². The van der Waals surface area contributed by atoms with Crippen molar-refractivity contribution >= 4 is 17.9 Å². The fraction of sp³-hybridized carbons (Fsp3) is 0.640. The molecule has 0 rings (SSSR count). The van der Waals surface area contributed by atoms with E-state index in [2.05, 4.69) is 184 Å². The Morgan fingerprint density at radius 1 is 0.316 bits per heavy atom. The van der Waals surface area contributed by atoms with Crippen LogP contribution in [0.1, 0.15) is 296 Å². The molecule has 95 heavy (non-hydrogen) atoms. The lowest BCUT2D eigenvalue weighted by Crippen LogP contribution is -2.44. The van der Waals surface area contributed by atoms with E-state index in [0.717, 1.165) is 148 Å². The number of allylic oxidation sites excluding steroid dienone is 28. The summed E-state index contributed by atoms with van der Waals surface area (Å²) in [5.74, 6) is -2.31. The summed E-state index contributed by atoms with van der Waals surface area (Å²) in [5, 5.41) is 11.9. The molecule has 0 aliphatic rings. The standard InChI is InChI=1S/C86H141NO8/c1-6-8-10-12-14-16-18-20-22-24-26-28-30-32-34-36-38-40-41-42-43-45-47-49-51-53-55-57-59-61-63-65-67-69-71-73-75-77-84(89)95-82(81-94-86(85(90)91)92-79-78-87(3,4)5)80-93-83(88)76-74-72-70-68-66-64-62-60-58-56-54-52-50-48-46-44-39-37-35-33-31-29-27-25-23-21-19-17-15-13-11-9-7-2/h8-11,14-17,20-23,26-29,32,34,38,40,42-43,47,49,53,55,59,61,82,86H,6-7,12-13,18-19,24-25,30-31,33,35-37,39,41,44-46,48,50-52,54,56-58,60,62-81H2,1-5H3/b10-8-,11-9-,16-14-,17-15-,22-20-,23-21-,28-26-,29-27-,34-32-,40-38-,43-42-,49-47-,55-53-,61-59-. The molecule has 0 bridgehead atoms. The topological polar surface area (TPSA) is 111 Å². The minimum Gasteiger partial charge on any atom is -0.545 e. The summed E-state index contributed by atoms with van der Waals surface area (Å²) in [7, 11) is 5.92. The van der Waals surface area contributed by atoms with Crippen LogP contribution in [0.25, 0.3) is 0 Å². The number of unbranched alkanes of at least 4 members (excludes halogenated alkanes) is 26. The van der Waals surface area contributed by atoms with Crippen LogP contribution in [0, 0.1) is 0 Å². The quantitative estimate of drug-likeness (QED) is 0.0195. The van der Waals surface area contributed by atoms with Crippen molar-refractivity contribution in [3.8, 4) is 0 Å². The average Bonchev–Trinajstić information content (AvgIpc) is 3.75. The fourth-order valence-electron chi connectivity index (χ4n) is 10.2. The monoisotopic (exact) mass is 1320 g/mol. The first kappa shape index (κ1) is 89.6. The molecule has 0 aromatic carbocycles. The second-order valence-electron chi connectivity index (χ2n) is 26.2. The van der Waals surface area contributed by atoms with Crippen molar-refractivity contribution in [3.05, 3.63) is 170 Å². The SMILES string of the molecule is CC/C=C\C/C=C\C/C=C\C/C=C\C/C=C\C/C=C\C/C=C\C/C=C\C/C=C\C/C=C\CCCCCCCCC(=O)OC(COC(=O)CCCCCCCCCCCCCCCCCCCCCC/C=C\C/C=C\C/C=C\C/C=C\CC)COC(OCC[N+](C)(C)C)C(=O)[O-]. The number of rotatable bonds is 69. The van der Waals surface area contributed by atoms with Crippen molar-refractivity contribution in [2.24, 2.45) is 0 Å². The Morgan fingerprint density at radius 2 is 0.568 bits per heavy atom. The zero-order valence-electron chi connectivity index (χ0n) is 61.5. The number of ether oxygens (including phenoxy) is 4. The molecule has 0 aliphatic carbocycles. The highest BCUT2D eigenvalue weighted by Crippen LogP contribution is 2.17. The van der Waals surface area contributed by atoms with Crippen LogP contribution in [0.2, 0.25) is 0 Å². The second-order valence-corrected chi connectivity index (χ2v) is 26.2. The van der Waals surface area contributed by atoms with Gasteiger partial charge in [0.2, 0.25) is 0 Å². The van der Waals surface area contributed by atoms with Crippen LogP contribution in [0.3, 0.4) is 0 Å². The lowest BCUT2D eigenvalue weighted by Gasteiger charge is -2.26. The van der Waals surface area contributed by atoms with E-state index in [1.165, 1.54) is 116 Å². The minimum absolute atomic E-state index is 0.137. The molecule has 0 heterocycles. The normalized spacial score (nSPS) is 13.7. The number of carboxylic acid groups (broad SMARTS) is 1. The molecule has 9 nitrogen and oxygen atoms in total. The predicted octanol–water partition coefficient (Wildman–Crippen LogP) is 23.2. The molecule has 0 aromatic heterocycles. The first-order chi connectivity index (χ1) is 46.6.